The van der Waals surface area contributed by atoms with E-state index in [-0.39, 0.29) is 24.3 Å². The third-order valence-electron chi connectivity index (χ3n) is 3.47. The number of carbonyl (C=O) groups is 2. The minimum atomic E-state index is -0.348. The first-order chi connectivity index (χ1) is 9.69. The van der Waals surface area contributed by atoms with Crippen molar-refractivity contribution in [3.63, 3.8) is 0 Å². The van der Waals surface area contributed by atoms with Gasteiger partial charge in [-0.15, -0.1) is 0 Å². The standard InChI is InChI=1S/C16H18N2O2/c1-3-10-17(11-4-2)14-12-15(19)18(16(14)20)13-8-6-5-7-9-13/h3-9,14H,1-2,10-12H2/p+1/t14-/m0/s1. The molecule has 0 aliphatic carbocycles. The van der Waals surface area contributed by atoms with Gasteiger partial charge in [-0.05, 0) is 24.3 Å². The molecule has 1 aromatic carbocycles. The van der Waals surface area contributed by atoms with Crippen molar-refractivity contribution in [3.05, 3.63) is 55.6 Å². The summed E-state index contributed by atoms with van der Waals surface area (Å²) in [5, 5.41) is 0. The van der Waals surface area contributed by atoms with Crippen LogP contribution in [0.2, 0.25) is 0 Å². The van der Waals surface area contributed by atoms with Crippen LogP contribution in [0.25, 0.3) is 0 Å². The van der Waals surface area contributed by atoms with Gasteiger partial charge in [-0.25, -0.2) is 4.90 Å². The molecule has 4 heteroatoms. The van der Waals surface area contributed by atoms with E-state index in [2.05, 4.69) is 13.2 Å². The molecule has 1 fully saturated rings. The van der Waals surface area contributed by atoms with Crippen LogP contribution in [-0.2, 0) is 9.59 Å². The molecule has 20 heavy (non-hydrogen) atoms. The minimum absolute atomic E-state index is 0.139. The Morgan fingerprint density at radius 1 is 1.15 bits per heavy atom. The Kier molecular flexibility index (Phi) is 4.48. The van der Waals surface area contributed by atoms with E-state index < -0.39 is 0 Å². The van der Waals surface area contributed by atoms with E-state index in [1.54, 1.807) is 24.3 Å². The van der Waals surface area contributed by atoms with Crippen molar-refractivity contribution in [2.24, 2.45) is 0 Å². The second kappa shape index (κ2) is 6.30. The lowest BCUT2D eigenvalue weighted by Gasteiger charge is -2.21. The summed E-state index contributed by atoms with van der Waals surface area (Å²) in [5.74, 6) is -0.281. The molecule has 2 amide bonds. The van der Waals surface area contributed by atoms with E-state index in [1.165, 1.54) is 4.90 Å². The molecule has 0 saturated carbocycles. The average Bonchev–Trinajstić information content (AvgIpc) is 2.75. The lowest BCUT2D eigenvalue weighted by atomic mass is 10.2. The van der Waals surface area contributed by atoms with E-state index in [0.717, 1.165) is 4.90 Å². The van der Waals surface area contributed by atoms with E-state index in [0.29, 0.717) is 18.8 Å². The number of imide groups is 1. The average molecular weight is 271 g/mol. The van der Waals surface area contributed by atoms with Gasteiger partial charge in [0.2, 0.25) is 5.91 Å². The van der Waals surface area contributed by atoms with Gasteiger partial charge in [0.1, 0.15) is 0 Å². The molecule has 1 heterocycles. The monoisotopic (exact) mass is 271 g/mol. The van der Waals surface area contributed by atoms with Crippen LogP contribution in [0, 0.1) is 0 Å². The Labute approximate surface area is 119 Å². The maximum absolute atomic E-state index is 12.5. The fourth-order valence-corrected chi connectivity index (χ4v) is 2.54. The van der Waals surface area contributed by atoms with Gasteiger partial charge in [0.15, 0.2) is 6.04 Å². The Morgan fingerprint density at radius 2 is 1.75 bits per heavy atom. The van der Waals surface area contributed by atoms with Crippen LogP contribution >= 0.6 is 0 Å². The number of anilines is 1. The number of rotatable bonds is 6. The maximum Gasteiger partial charge on any atom is 0.292 e. The first kappa shape index (κ1) is 14.2. The van der Waals surface area contributed by atoms with Gasteiger partial charge >= 0.3 is 0 Å². The summed E-state index contributed by atoms with van der Waals surface area (Å²) >= 11 is 0. The van der Waals surface area contributed by atoms with Crippen molar-refractivity contribution in [2.45, 2.75) is 12.5 Å². The van der Waals surface area contributed by atoms with Gasteiger partial charge in [0.25, 0.3) is 5.91 Å². The summed E-state index contributed by atoms with van der Waals surface area (Å²) in [4.78, 5) is 27.0. The highest BCUT2D eigenvalue weighted by Gasteiger charge is 2.45. The smallest absolute Gasteiger partial charge is 0.292 e. The lowest BCUT2D eigenvalue weighted by molar-refractivity contribution is -0.903. The van der Waals surface area contributed by atoms with Crippen LogP contribution in [0.15, 0.2) is 55.6 Å². The molecule has 1 aliphatic rings. The van der Waals surface area contributed by atoms with Crippen molar-refractivity contribution >= 4 is 17.5 Å². The fourth-order valence-electron chi connectivity index (χ4n) is 2.54. The van der Waals surface area contributed by atoms with Crippen LogP contribution in [0.3, 0.4) is 0 Å². The molecule has 2 rings (SSSR count). The minimum Gasteiger partial charge on any atom is -0.318 e. The number of benzene rings is 1. The van der Waals surface area contributed by atoms with Crippen LogP contribution in [0.4, 0.5) is 5.69 Å². The maximum atomic E-state index is 12.5. The zero-order valence-corrected chi connectivity index (χ0v) is 11.4. The molecule has 0 bridgehead atoms. The predicted octanol–water partition coefficient (Wildman–Crippen LogP) is 0.575. The van der Waals surface area contributed by atoms with Crippen LogP contribution in [0.1, 0.15) is 6.42 Å². The second-order valence-electron chi connectivity index (χ2n) is 4.80. The zero-order valence-electron chi connectivity index (χ0n) is 11.4. The molecule has 0 radical (unpaired) electrons. The van der Waals surface area contributed by atoms with Gasteiger partial charge in [-0.3, -0.25) is 9.59 Å². The summed E-state index contributed by atoms with van der Waals surface area (Å²) in [6, 6.07) is 8.71. The number of para-hydroxylation sites is 1. The Balaban J connectivity index is 2.23. The fraction of sp³-hybridized carbons (Fsp3) is 0.250. The summed E-state index contributed by atoms with van der Waals surface area (Å²) in [6.45, 7) is 8.70. The van der Waals surface area contributed by atoms with Gasteiger partial charge in [-0.1, -0.05) is 31.4 Å². The largest absolute Gasteiger partial charge is 0.318 e. The summed E-state index contributed by atoms with van der Waals surface area (Å²) in [5.41, 5.74) is 0.640. The quantitative estimate of drug-likeness (QED) is 0.607. The topological polar surface area (TPSA) is 41.8 Å². The number of quaternary nitrogens is 1. The van der Waals surface area contributed by atoms with Gasteiger partial charge < -0.3 is 4.90 Å². The van der Waals surface area contributed by atoms with Crippen molar-refractivity contribution in [3.8, 4) is 0 Å². The summed E-state index contributed by atoms with van der Waals surface area (Å²) in [6.07, 6.45) is 3.77. The van der Waals surface area contributed by atoms with Crippen LogP contribution in [-0.4, -0.2) is 30.9 Å². The highest BCUT2D eigenvalue weighted by atomic mass is 16.2. The number of nitrogens with zero attached hydrogens (tertiary/aromatic N) is 1. The Bertz CT molecular complexity index is 515. The van der Waals surface area contributed by atoms with Gasteiger partial charge in [0.05, 0.1) is 25.2 Å². The highest BCUT2D eigenvalue weighted by molar-refractivity contribution is 6.21. The molecular weight excluding hydrogens is 252 g/mol. The summed E-state index contributed by atoms with van der Waals surface area (Å²) in [7, 11) is 0. The van der Waals surface area contributed by atoms with Gasteiger partial charge in [0, 0.05) is 0 Å². The molecule has 1 atom stereocenters. The zero-order chi connectivity index (χ0) is 14.5. The predicted molar refractivity (Wildman–Crippen MR) is 78.4 cm³/mol. The molecule has 4 nitrogen and oxygen atoms in total. The molecule has 1 aromatic rings. The third kappa shape index (κ3) is 2.70. The van der Waals surface area contributed by atoms with Gasteiger partial charge in [-0.2, -0.15) is 0 Å². The normalized spacial score (nSPS) is 18.6. The Hall–Kier alpha value is -2.20. The van der Waals surface area contributed by atoms with Crippen LogP contribution in [0.5, 0.6) is 0 Å². The van der Waals surface area contributed by atoms with Crippen molar-refractivity contribution in [2.75, 3.05) is 18.0 Å². The number of hydrogen-bond donors (Lipinski definition) is 1. The van der Waals surface area contributed by atoms with E-state index in [4.69, 9.17) is 0 Å². The van der Waals surface area contributed by atoms with E-state index >= 15 is 0 Å². The SMILES string of the molecule is C=CC[NH+](CC=C)[C@H]1CC(=O)N(c2ccccc2)C1=O. The third-order valence-corrected chi connectivity index (χ3v) is 3.47. The second-order valence-corrected chi connectivity index (χ2v) is 4.80. The summed E-state index contributed by atoms with van der Waals surface area (Å²) < 4.78 is 0. The highest BCUT2D eigenvalue weighted by Crippen LogP contribution is 2.21. The number of hydrogen-bond acceptors (Lipinski definition) is 2. The first-order valence-electron chi connectivity index (χ1n) is 6.67. The molecule has 0 aromatic heterocycles. The van der Waals surface area contributed by atoms with E-state index in [1.807, 2.05) is 18.2 Å². The molecule has 1 N–H and O–H groups in total. The molecule has 104 valence electrons. The molecule has 1 aliphatic heterocycles. The van der Waals surface area contributed by atoms with Crippen molar-refractivity contribution < 1.29 is 14.5 Å². The number of carbonyl (C=O) groups excluding carboxylic acids is 2. The first-order valence-corrected chi connectivity index (χ1v) is 6.67. The molecule has 1 saturated heterocycles. The Morgan fingerprint density at radius 3 is 2.30 bits per heavy atom. The van der Waals surface area contributed by atoms with Crippen molar-refractivity contribution in [1.82, 2.24) is 0 Å². The van der Waals surface area contributed by atoms with E-state index in [9.17, 15) is 9.59 Å². The van der Waals surface area contributed by atoms with Crippen molar-refractivity contribution in [1.29, 1.82) is 0 Å². The molecular formula is C16H19N2O2+. The van der Waals surface area contributed by atoms with Crippen LogP contribution < -0.4 is 9.80 Å². The number of amides is 2. The number of nitrogens with one attached hydrogen (secondary N) is 1. The molecule has 0 spiro atoms. The molecule has 0 unspecified atom stereocenters. The lowest BCUT2D eigenvalue weighted by Crippen LogP contribution is -3.16.